The number of ether oxygens (including phenoxy) is 1. The van der Waals surface area contributed by atoms with Gasteiger partial charge in [0.25, 0.3) is 0 Å². The maximum atomic E-state index is 5.81. The molecule has 0 atom stereocenters. The Kier molecular flexibility index (Phi) is 3.04. The maximum absolute atomic E-state index is 5.81. The monoisotopic (exact) mass is 226 g/mol. The summed E-state index contributed by atoms with van der Waals surface area (Å²) in [5.41, 5.74) is 0. The molecule has 1 aliphatic rings. The van der Waals surface area contributed by atoms with Gasteiger partial charge < -0.3 is 4.74 Å². The van der Waals surface area contributed by atoms with E-state index in [0.29, 0.717) is 0 Å². The smallest absolute Gasteiger partial charge is 0.106 e. The lowest BCUT2D eigenvalue weighted by Gasteiger charge is -2.21. The Balaban J connectivity index is 2.08. The summed E-state index contributed by atoms with van der Waals surface area (Å²) in [6.45, 7) is 0. The standard InChI is InChI=1S/C11H11ClOS/c1-13-10-6-7-11(10)14-9-4-2-8(12)3-5-9/h2-5H,6-7H2,1H3. The summed E-state index contributed by atoms with van der Waals surface area (Å²) in [5, 5.41) is 0.781. The molecule has 0 saturated heterocycles. The Bertz CT molecular complexity index is 356. The van der Waals surface area contributed by atoms with Crippen LogP contribution < -0.4 is 0 Å². The van der Waals surface area contributed by atoms with Crippen LogP contribution in [-0.2, 0) is 4.74 Å². The molecule has 1 aromatic carbocycles. The van der Waals surface area contributed by atoms with E-state index in [2.05, 4.69) is 0 Å². The molecule has 0 fully saturated rings. The van der Waals surface area contributed by atoms with Crippen molar-refractivity contribution in [3.05, 3.63) is 40.0 Å². The summed E-state index contributed by atoms with van der Waals surface area (Å²) < 4.78 is 5.23. The summed E-state index contributed by atoms with van der Waals surface area (Å²) in [6.07, 6.45) is 2.21. The number of allylic oxidation sites excluding steroid dienone is 2. The molecule has 1 aromatic rings. The average molecular weight is 227 g/mol. The van der Waals surface area contributed by atoms with E-state index in [1.165, 1.54) is 9.80 Å². The number of hydrogen-bond donors (Lipinski definition) is 0. The molecule has 0 radical (unpaired) electrons. The van der Waals surface area contributed by atoms with E-state index in [4.69, 9.17) is 16.3 Å². The molecule has 0 saturated carbocycles. The molecule has 0 aliphatic heterocycles. The third kappa shape index (κ3) is 2.07. The Labute approximate surface area is 93.1 Å². The quantitative estimate of drug-likeness (QED) is 0.768. The molecule has 14 heavy (non-hydrogen) atoms. The van der Waals surface area contributed by atoms with E-state index in [9.17, 15) is 0 Å². The molecule has 0 N–H and O–H groups in total. The number of thioether (sulfide) groups is 1. The molecule has 0 spiro atoms. The first kappa shape index (κ1) is 9.94. The molecule has 3 heteroatoms. The third-order valence-electron chi connectivity index (χ3n) is 2.19. The van der Waals surface area contributed by atoms with Crippen molar-refractivity contribution in [3.8, 4) is 0 Å². The molecule has 0 amide bonds. The van der Waals surface area contributed by atoms with Gasteiger partial charge in [-0.05, 0) is 30.7 Å². The normalized spacial score (nSPS) is 15.3. The zero-order valence-electron chi connectivity index (χ0n) is 7.92. The van der Waals surface area contributed by atoms with Crippen molar-refractivity contribution in [1.29, 1.82) is 0 Å². The van der Waals surface area contributed by atoms with E-state index in [1.807, 2.05) is 24.3 Å². The van der Waals surface area contributed by atoms with Gasteiger partial charge in [-0.3, -0.25) is 0 Å². The van der Waals surface area contributed by atoms with Gasteiger partial charge in [-0.1, -0.05) is 23.4 Å². The van der Waals surface area contributed by atoms with Crippen molar-refractivity contribution < 1.29 is 4.74 Å². The minimum atomic E-state index is 0.781. The Morgan fingerprint density at radius 1 is 1.21 bits per heavy atom. The lowest BCUT2D eigenvalue weighted by atomic mass is 10.1. The number of hydrogen-bond acceptors (Lipinski definition) is 2. The Morgan fingerprint density at radius 3 is 2.43 bits per heavy atom. The van der Waals surface area contributed by atoms with Crippen LogP contribution in [0.2, 0.25) is 5.02 Å². The van der Waals surface area contributed by atoms with Crippen molar-refractivity contribution in [2.24, 2.45) is 0 Å². The van der Waals surface area contributed by atoms with E-state index in [1.54, 1.807) is 18.9 Å². The van der Waals surface area contributed by atoms with Gasteiger partial charge in [0.2, 0.25) is 0 Å². The highest BCUT2D eigenvalue weighted by Crippen LogP contribution is 2.40. The number of benzene rings is 1. The molecular weight excluding hydrogens is 216 g/mol. The Morgan fingerprint density at radius 2 is 1.93 bits per heavy atom. The van der Waals surface area contributed by atoms with Crippen LogP contribution >= 0.6 is 23.4 Å². The molecule has 1 nitrogen and oxygen atoms in total. The maximum Gasteiger partial charge on any atom is 0.106 e. The predicted octanol–water partition coefficient (Wildman–Crippen LogP) is 4.08. The van der Waals surface area contributed by atoms with Crippen LogP contribution in [0.5, 0.6) is 0 Å². The highest BCUT2D eigenvalue weighted by atomic mass is 35.5. The molecule has 0 unspecified atom stereocenters. The van der Waals surface area contributed by atoms with E-state index < -0.39 is 0 Å². The largest absolute Gasteiger partial charge is 0.500 e. The molecule has 1 aliphatic carbocycles. The number of methoxy groups -OCH3 is 1. The fourth-order valence-electron chi connectivity index (χ4n) is 1.30. The zero-order chi connectivity index (χ0) is 9.97. The predicted molar refractivity (Wildman–Crippen MR) is 60.6 cm³/mol. The summed E-state index contributed by atoms with van der Waals surface area (Å²) in [4.78, 5) is 2.56. The minimum Gasteiger partial charge on any atom is -0.500 e. The summed E-state index contributed by atoms with van der Waals surface area (Å²) in [6, 6.07) is 7.89. The summed E-state index contributed by atoms with van der Waals surface area (Å²) in [7, 11) is 1.73. The lowest BCUT2D eigenvalue weighted by Crippen LogP contribution is -2.02. The number of halogens is 1. The van der Waals surface area contributed by atoms with Gasteiger partial charge in [-0.15, -0.1) is 0 Å². The van der Waals surface area contributed by atoms with E-state index in [0.717, 1.165) is 23.6 Å². The lowest BCUT2D eigenvalue weighted by molar-refractivity contribution is 0.258. The number of rotatable bonds is 3. The Hall–Kier alpha value is -0.600. The highest BCUT2D eigenvalue weighted by molar-refractivity contribution is 8.03. The van der Waals surface area contributed by atoms with Crippen molar-refractivity contribution >= 4 is 23.4 Å². The van der Waals surface area contributed by atoms with E-state index in [-0.39, 0.29) is 0 Å². The molecule has 74 valence electrons. The van der Waals surface area contributed by atoms with Gasteiger partial charge in [0.15, 0.2) is 0 Å². The first-order valence-corrected chi connectivity index (χ1v) is 5.68. The minimum absolute atomic E-state index is 0.781. The van der Waals surface area contributed by atoms with Crippen LogP contribution in [0.15, 0.2) is 39.8 Å². The van der Waals surface area contributed by atoms with Crippen LogP contribution in [0.3, 0.4) is 0 Å². The second-order valence-electron chi connectivity index (χ2n) is 3.11. The molecule has 0 aromatic heterocycles. The van der Waals surface area contributed by atoms with Gasteiger partial charge in [-0.2, -0.15) is 0 Å². The van der Waals surface area contributed by atoms with Crippen LogP contribution in [0.25, 0.3) is 0 Å². The molecule has 0 heterocycles. The van der Waals surface area contributed by atoms with Gasteiger partial charge in [0.05, 0.1) is 7.11 Å². The van der Waals surface area contributed by atoms with Crippen molar-refractivity contribution in [2.45, 2.75) is 17.7 Å². The SMILES string of the molecule is COC1=C(Sc2ccc(Cl)cc2)CC1. The van der Waals surface area contributed by atoms with Crippen LogP contribution in [-0.4, -0.2) is 7.11 Å². The summed E-state index contributed by atoms with van der Waals surface area (Å²) >= 11 is 7.57. The molecule has 2 rings (SSSR count). The average Bonchev–Trinajstić information content (AvgIpc) is 2.16. The molecular formula is C11H11ClOS. The second-order valence-corrected chi connectivity index (χ2v) is 4.71. The van der Waals surface area contributed by atoms with Crippen LogP contribution in [0.1, 0.15) is 12.8 Å². The van der Waals surface area contributed by atoms with Gasteiger partial charge in [0, 0.05) is 21.2 Å². The van der Waals surface area contributed by atoms with Crippen LogP contribution in [0, 0.1) is 0 Å². The van der Waals surface area contributed by atoms with Crippen molar-refractivity contribution in [3.63, 3.8) is 0 Å². The van der Waals surface area contributed by atoms with Gasteiger partial charge in [-0.25, -0.2) is 0 Å². The zero-order valence-corrected chi connectivity index (χ0v) is 9.49. The second kappa shape index (κ2) is 4.28. The fraction of sp³-hybridized carbons (Fsp3) is 0.273. The first-order chi connectivity index (χ1) is 6.79. The van der Waals surface area contributed by atoms with Crippen LogP contribution in [0.4, 0.5) is 0 Å². The topological polar surface area (TPSA) is 9.23 Å². The van der Waals surface area contributed by atoms with Crippen molar-refractivity contribution in [2.75, 3.05) is 7.11 Å². The van der Waals surface area contributed by atoms with Gasteiger partial charge >= 0.3 is 0 Å². The third-order valence-corrected chi connectivity index (χ3v) is 3.63. The highest BCUT2D eigenvalue weighted by Gasteiger charge is 2.18. The van der Waals surface area contributed by atoms with Crippen molar-refractivity contribution in [1.82, 2.24) is 0 Å². The summed E-state index contributed by atoms with van der Waals surface area (Å²) in [5.74, 6) is 1.13. The van der Waals surface area contributed by atoms with Gasteiger partial charge in [0.1, 0.15) is 5.76 Å². The first-order valence-electron chi connectivity index (χ1n) is 4.49. The fourth-order valence-corrected chi connectivity index (χ4v) is 2.48. The van der Waals surface area contributed by atoms with E-state index >= 15 is 0 Å². The molecule has 0 bridgehead atoms.